The molecule has 0 aliphatic rings. The molecule has 0 amide bonds. The van der Waals surface area contributed by atoms with E-state index in [4.69, 9.17) is 19.9 Å². The zero-order valence-electron chi connectivity index (χ0n) is 25.8. The van der Waals surface area contributed by atoms with Crippen LogP contribution in [0.4, 0.5) is 0 Å². The second-order valence-corrected chi connectivity index (χ2v) is 11.7. The molecule has 0 bridgehead atoms. The zero-order chi connectivity index (χ0) is 31.3. The second kappa shape index (κ2) is 11.0. The van der Waals surface area contributed by atoms with E-state index in [1.165, 1.54) is 0 Å². The molecule has 0 spiro atoms. The van der Waals surface area contributed by atoms with Gasteiger partial charge in [-0.05, 0) is 35.7 Å². The summed E-state index contributed by atoms with van der Waals surface area (Å²) >= 11 is 0. The van der Waals surface area contributed by atoms with E-state index in [1.54, 1.807) is 0 Å². The van der Waals surface area contributed by atoms with Crippen molar-refractivity contribution in [3.63, 3.8) is 0 Å². The van der Waals surface area contributed by atoms with Crippen LogP contribution in [0.5, 0.6) is 0 Å². The van der Waals surface area contributed by atoms with Gasteiger partial charge in [0.15, 0.2) is 5.82 Å². The molecule has 0 fully saturated rings. The number of aryl methyl sites for hydroxylation is 1. The molecule has 3 heterocycles. The molecule has 9 aromatic rings. The zero-order valence-corrected chi connectivity index (χ0v) is 25.8. The van der Waals surface area contributed by atoms with Crippen LogP contribution < -0.4 is 0 Å². The van der Waals surface area contributed by atoms with Gasteiger partial charge in [-0.15, -0.1) is 0 Å². The Labute approximate surface area is 271 Å². The fraction of sp³-hybridized carbons (Fsp3) is 0.0476. The first-order chi connectivity index (χ1) is 23.3. The Morgan fingerprint density at radius 3 is 1.81 bits per heavy atom. The van der Waals surface area contributed by atoms with Crippen LogP contribution in [-0.2, 0) is 6.42 Å². The average Bonchev–Trinajstić information content (AvgIpc) is 3.54. The third-order valence-corrected chi connectivity index (χ3v) is 8.96. The Morgan fingerprint density at radius 2 is 1.09 bits per heavy atom. The van der Waals surface area contributed by atoms with Gasteiger partial charge in [-0.25, -0.2) is 19.9 Å². The molecule has 9 rings (SSSR count). The summed E-state index contributed by atoms with van der Waals surface area (Å²) in [6.45, 7) is 2.16. The summed E-state index contributed by atoms with van der Waals surface area (Å²) < 4.78 is 2.28. The minimum atomic E-state index is 0.716. The first-order valence-electron chi connectivity index (χ1n) is 16.0. The Balaban J connectivity index is 1.27. The van der Waals surface area contributed by atoms with Gasteiger partial charge in [0.2, 0.25) is 0 Å². The third kappa shape index (κ3) is 4.47. The lowest BCUT2D eigenvalue weighted by atomic mass is 9.97. The Bertz CT molecular complexity index is 2590. The van der Waals surface area contributed by atoms with Gasteiger partial charge in [0.1, 0.15) is 5.82 Å². The van der Waals surface area contributed by atoms with Gasteiger partial charge in [0, 0.05) is 45.0 Å². The smallest absolute Gasteiger partial charge is 0.160 e. The number of hydrogen-bond acceptors (Lipinski definition) is 4. The lowest BCUT2D eigenvalue weighted by molar-refractivity contribution is 0.908. The average molecular weight is 604 g/mol. The SMILES string of the molecule is CCc1nc2c3c(-c4ccc(-c5nc(-c6ccccc6)nc6ccccc56)cc4)nc4ccccc4c3ccc2n1-c1ccccc1. The number of hydrogen-bond donors (Lipinski definition) is 0. The molecule has 0 radical (unpaired) electrons. The molecule has 0 N–H and O–H groups in total. The summed E-state index contributed by atoms with van der Waals surface area (Å²) in [6, 6.07) is 50.3. The van der Waals surface area contributed by atoms with Crippen molar-refractivity contribution in [3.05, 3.63) is 151 Å². The highest BCUT2D eigenvalue weighted by Crippen LogP contribution is 2.39. The van der Waals surface area contributed by atoms with Gasteiger partial charge in [-0.2, -0.15) is 0 Å². The van der Waals surface area contributed by atoms with Crippen LogP contribution in [0.3, 0.4) is 0 Å². The van der Waals surface area contributed by atoms with Crippen molar-refractivity contribution in [2.75, 3.05) is 0 Å². The molecular weight excluding hydrogens is 574 g/mol. The number of para-hydroxylation sites is 3. The summed E-state index contributed by atoms with van der Waals surface area (Å²) in [5, 5.41) is 4.36. The number of aromatic nitrogens is 5. The minimum Gasteiger partial charge on any atom is -0.296 e. The molecular formula is C42H29N5. The van der Waals surface area contributed by atoms with Crippen molar-refractivity contribution in [2.24, 2.45) is 0 Å². The molecule has 6 aromatic carbocycles. The van der Waals surface area contributed by atoms with E-state index in [0.29, 0.717) is 5.82 Å². The quantitative estimate of drug-likeness (QED) is 0.184. The third-order valence-electron chi connectivity index (χ3n) is 8.96. The molecule has 47 heavy (non-hydrogen) atoms. The molecule has 0 unspecified atom stereocenters. The van der Waals surface area contributed by atoms with Gasteiger partial charge in [0.25, 0.3) is 0 Å². The van der Waals surface area contributed by atoms with E-state index in [2.05, 4.69) is 121 Å². The molecule has 0 saturated heterocycles. The lowest BCUT2D eigenvalue weighted by Crippen LogP contribution is -1.99. The fourth-order valence-corrected chi connectivity index (χ4v) is 6.74. The molecule has 3 aromatic heterocycles. The van der Waals surface area contributed by atoms with Crippen LogP contribution in [0.25, 0.3) is 83.2 Å². The van der Waals surface area contributed by atoms with Crippen LogP contribution in [0.2, 0.25) is 0 Å². The largest absolute Gasteiger partial charge is 0.296 e. The first-order valence-corrected chi connectivity index (χ1v) is 16.0. The Hall–Kier alpha value is -6.20. The number of benzene rings is 6. The highest BCUT2D eigenvalue weighted by molar-refractivity contribution is 6.20. The topological polar surface area (TPSA) is 56.5 Å². The van der Waals surface area contributed by atoms with E-state index in [-0.39, 0.29) is 0 Å². The number of fused-ring (bicyclic) bond motifs is 6. The van der Waals surface area contributed by atoms with Gasteiger partial charge in [-0.1, -0.05) is 122 Å². The monoisotopic (exact) mass is 603 g/mol. The molecule has 222 valence electrons. The normalized spacial score (nSPS) is 11.6. The van der Waals surface area contributed by atoms with Gasteiger partial charge in [-0.3, -0.25) is 4.57 Å². The standard InChI is InChI=1S/C42H29N5/c1-2-37-45-41-36(47(37)30-15-7-4-8-16-30)26-25-32-31-17-9-11-19-34(31)43-40(38(32)41)28-23-21-27(22-24-28)39-33-18-10-12-20-35(33)44-42(46-39)29-13-5-3-6-14-29/h3-26H,2H2,1H3. The van der Waals surface area contributed by atoms with E-state index >= 15 is 0 Å². The Kier molecular flexibility index (Phi) is 6.35. The van der Waals surface area contributed by atoms with Crippen molar-refractivity contribution in [3.8, 4) is 39.6 Å². The predicted molar refractivity (Wildman–Crippen MR) is 193 cm³/mol. The number of rotatable bonds is 5. The molecule has 0 saturated carbocycles. The summed E-state index contributed by atoms with van der Waals surface area (Å²) in [5.74, 6) is 1.74. The van der Waals surface area contributed by atoms with E-state index in [0.717, 1.165) is 89.6 Å². The van der Waals surface area contributed by atoms with Crippen LogP contribution in [0, 0.1) is 0 Å². The highest BCUT2D eigenvalue weighted by Gasteiger charge is 2.20. The number of nitrogens with zero attached hydrogens (tertiary/aromatic N) is 5. The summed E-state index contributed by atoms with van der Waals surface area (Å²) in [4.78, 5) is 20.5. The van der Waals surface area contributed by atoms with Gasteiger partial charge < -0.3 is 0 Å². The molecule has 5 heteroatoms. The van der Waals surface area contributed by atoms with Crippen molar-refractivity contribution in [1.29, 1.82) is 0 Å². The van der Waals surface area contributed by atoms with E-state index in [9.17, 15) is 0 Å². The first kappa shape index (κ1) is 27.1. The molecule has 0 aliphatic heterocycles. The summed E-state index contributed by atoms with van der Waals surface area (Å²) in [6.07, 6.45) is 0.813. The van der Waals surface area contributed by atoms with Gasteiger partial charge in [0.05, 0.1) is 33.5 Å². The Morgan fingerprint density at radius 1 is 0.468 bits per heavy atom. The van der Waals surface area contributed by atoms with Crippen molar-refractivity contribution >= 4 is 43.6 Å². The molecule has 0 aliphatic carbocycles. The predicted octanol–water partition coefficient (Wildman–Crippen LogP) is 10.2. The van der Waals surface area contributed by atoms with Crippen molar-refractivity contribution < 1.29 is 0 Å². The lowest BCUT2D eigenvalue weighted by Gasteiger charge is -2.13. The maximum absolute atomic E-state index is 5.29. The van der Waals surface area contributed by atoms with Crippen LogP contribution in [0.15, 0.2) is 146 Å². The van der Waals surface area contributed by atoms with Crippen LogP contribution in [0.1, 0.15) is 12.7 Å². The fourth-order valence-electron chi connectivity index (χ4n) is 6.74. The van der Waals surface area contributed by atoms with Gasteiger partial charge >= 0.3 is 0 Å². The number of pyridine rings is 1. The number of imidazole rings is 1. The summed E-state index contributed by atoms with van der Waals surface area (Å²) in [5.41, 5.74) is 9.93. The van der Waals surface area contributed by atoms with Crippen molar-refractivity contribution in [2.45, 2.75) is 13.3 Å². The summed E-state index contributed by atoms with van der Waals surface area (Å²) in [7, 11) is 0. The molecule has 0 atom stereocenters. The van der Waals surface area contributed by atoms with Crippen molar-refractivity contribution in [1.82, 2.24) is 24.5 Å². The maximum atomic E-state index is 5.29. The second-order valence-electron chi connectivity index (χ2n) is 11.7. The highest BCUT2D eigenvalue weighted by atomic mass is 15.1. The van der Waals surface area contributed by atoms with E-state index in [1.807, 2.05) is 36.4 Å². The van der Waals surface area contributed by atoms with E-state index < -0.39 is 0 Å². The van der Waals surface area contributed by atoms with Crippen LogP contribution >= 0.6 is 0 Å². The maximum Gasteiger partial charge on any atom is 0.160 e. The molecule has 5 nitrogen and oxygen atoms in total. The minimum absolute atomic E-state index is 0.716. The van der Waals surface area contributed by atoms with Crippen LogP contribution in [-0.4, -0.2) is 24.5 Å².